The summed E-state index contributed by atoms with van der Waals surface area (Å²) in [5.41, 5.74) is 7.02. The second-order valence-electron chi connectivity index (χ2n) is 7.97. The lowest BCUT2D eigenvalue weighted by molar-refractivity contribution is 0.0356. The summed E-state index contributed by atoms with van der Waals surface area (Å²) >= 11 is 0. The van der Waals surface area contributed by atoms with Crippen molar-refractivity contribution in [3.05, 3.63) is 18.5 Å². The SMILES string of the molecule is CN(C)C(=O)N(C)[C@H]1C[C@H](Oc2cc(-c3cnc(N)nc3)nc(N3CCOCC3)n2)C1. The Kier molecular flexibility index (Phi) is 6.03. The number of urea groups is 1. The maximum Gasteiger partial charge on any atom is 0.319 e. The Labute approximate surface area is 181 Å². The summed E-state index contributed by atoms with van der Waals surface area (Å²) in [6, 6.07) is 1.94. The highest BCUT2D eigenvalue weighted by Gasteiger charge is 2.36. The van der Waals surface area contributed by atoms with E-state index in [9.17, 15) is 4.79 Å². The van der Waals surface area contributed by atoms with E-state index in [1.807, 2.05) is 7.05 Å². The molecule has 2 aromatic heterocycles. The number of amides is 2. The van der Waals surface area contributed by atoms with Crippen molar-refractivity contribution in [2.45, 2.75) is 25.0 Å². The van der Waals surface area contributed by atoms with E-state index in [0.29, 0.717) is 43.8 Å². The van der Waals surface area contributed by atoms with Crippen LogP contribution in [0, 0.1) is 0 Å². The normalized spacial score (nSPS) is 20.7. The van der Waals surface area contributed by atoms with Crippen molar-refractivity contribution in [3.63, 3.8) is 0 Å². The number of carbonyl (C=O) groups excluding carboxylic acids is 1. The quantitative estimate of drug-likeness (QED) is 0.739. The number of anilines is 2. The molecule has 11 nitrogen and oxygen atoms in total. The van der Waals surface area contributed by atoms with E-state index in [-0.39, 0.29) is 24.1 Å². The first-order valence-corrected chi connectivity index (χ1v) is 10.3. The van der Waals surface area contributed by atoms with Gasteiger partial charge < -0.3 is 29.9 Å². The molecule has 0 spiro atoms. The number of hydrogen-bond acceptors (Lipinski definition) is 9. The zero-order valence-electron chi connectivity index (χ0n) is 18.1. The predicted octanol–water partition coefficient (Wildman–Crippen LogP) is 0.876. The van der Waals surface area contributed by atoms with Crippen molar-refractivity contribution in [2.75, 3.05) is 58.1 Å². The molecular weight excluding hydrogens is 400 g/mol. The highest BCUT2D eigenvalue weighted by molar-refractivity contribution is 5.74. The third-order valence-electron chi connectivity index (χ3n) is 5.54. The van der Waals surface area contributed by atoms with Crippen LogP contribution in [-0.4, -0.2) is 95.4 Å². The number of carbonyl (C=O) groups is 1. The smallest absolute Gasteiger partial charge is 0.319 e. The molecule has 4 rings (SSSR count). The number of rotatable bonds is 5. The number of morpholine rings is 1. The van der Waals surface area contributed by atoms with Crippen LogP contribution in [0.2, 0.25) is 0 Å². The molecule has 2 aromatic rings. The zero-order valence-corrected chi connectivity index (χ0v) is 18.1. The molecule has 2 fully saturated rings. The van der Waals surface area contributed by atoms with Gasteiger partial charge in [-0.3, -0.25) is 0 Å². The van der Waals surface area contributed by atoms with Crippen LogP contribution in [0.5, 0.6) is 5.88 Å². The van der Waals surface area contributed by atoms with Crippen molar-refractivity contribution in [3.8, 4) is 17.1 Å². The maximum atomic E-state index is 12.1. The molecule has 0 bridgehead atoms. The molecule has 2 N–H and O–H groups in total. The highest BCUT2D eigenvalue weighted by atomic mass is 16.5. The number of nitrogens with zero attached hydrogens (tertiary/aromatic N) is 7. The van der Waals surface area contributed by atoms with Gasteiger partial charge in [0.1, 0.15) is 6.10 Å². The summed E-state index contributed by atoms with van der Waals surface area (Å²) in [5, 5.41) is 0. The molecule has 0 aromatic carbocycles. The number of nitrogens with two attached hydrogens (primary N) is 1. The molecule has 0 unspecified atom stereocenters. The van der Waals surface area contributed by atoms with Gasteiger partial charge in [0.2, 0.25) is 17.8 Å². The fourth-order valence-electron chi connectivity index (χ4n) is 3.59. The van der Waals surface area contributed by atoms with E-state index in [0.717, 1.165) is 18.4 Å². The summed E-state index contributed by atoms with van der Waals surface area (Å²) in [5.74, 6) is 1.29. The Morgan fingerprint density at radius 2 is 1.84 bits per heavy atom. The Morgan fingerprint density at radius 1 is 1.16 bits per heavy atom. The molecule has 31 heavy (non-hydrogen) atoms. The van der Waals surface area contributed by atoms with Crippen LogP contribution in [0.15, 0.2) is 18.5 Å². The molecule has 11 heteroatoms. The first-order valence-electron chi connectivity index (χ1n) is 10.3. The minimum atomic E-state index is -0.00892. The number of nitrogen functional groups attached to an aromatic ring is 1. The Bertz CT molecular complexity index is 911. The largest absolute Gasteiger partial charge is 0.474 e. The summed E-state index contributed by atoms with van der Waals surface area (Å²) in [4.78, 5) is 35.0. The first-order chi connectivity index (χ1) is 14.9. The maximum absolute atomic E-state index is 12.1. The summed E-state index contributed by atoms with van der Waals surface area (Å²) in [6.07, 6.45) is 4.78. The van der Waals surface area contributed by atoms with Gasteiger partial charge in [-0.2, -0.15) is 4.98 Å². The zero-order chi connectivity index (χ0) is 22.0. The molecule has 1 saturated heterocycles. The summed E-state index contributed by atoms with van der Waals surface area (Å²) in [6.45, 7) is 2.69. The average Bonchev–Trinajstić information content (AvgIpc) is 2.76. The Balaban J connectivity index is 1.51. The second kappa shape index (κ2) is 8.88. The molecule has 0 radical (unpaired) electrons. The highest BCUT2D eigenvalue weighted by Crippen LogP contribution is 2.31. The Hall–Kier alpha value is -3.21. The van der Waals surface area contributed by atoms with Crippen LogP contribution in [0.25, 0.3) is 11.3 Å². The van der Waals surface area contributed by atoms with Gasteiger partial charge in [0.25, 0.3) is 0 Å². The van der Waals surface area contributed by atoms with E-state index in [4.69, 9.17) is 20.2 Å². The molecule has 3 heterocycles. The second-order valence-corrected chi connectivity index (χ2v) is 7.97. The number of aromatic nitrogens is 4. The lowest BCUT2D eigenvalue weighted by Crippen LogP contribution is -2.52. The summed E-state index contributed by atoms with van der Waals surface area (Å²) in [7, 11) is 5.33. The molecule has 2 aliphatic rings. The molecule has 1 aliphatic heterocycles. The van der Waals surface area contributed by atoms with Crippen molar-refractivity contribution >= 4 is 17.9 Å². The van der Waals surface area contributed by atoms with Crippen LogP contribution in [0.3, 0.4) is 0 Å². The minimum Gasteiger partial charge on any atom is -0.474 e. The molecule has 2 amide bonds. The van der Waals surface area contributed by atoms with Crippen LogP contribution < -0.4 is 15.4 Å². The van der Waals surface area contributed by atoms with Gasteiger partial charge in [-0.05, 0) is 0 Å². The Morgan fingerprint density at radius 3 is 2.48 bits per heavy atom. The van der Waals surface area contributed by atoms with E-state index in [1.54, 1.807) is 42.4 Å². The number of hydrogen-bond donors (Lipinski definition) is 1. The van der Waals surface area contributed by atoms with Gasteiger partial charge in [-0.25, -0.2) is 19.7 Å². The van der Waals surface area contributed by atoms with Crippen LogP contribution >= 0.6 is 0 Å². The lowest BCUT2D eigenvalue weighted by atomic mass is 9.88. The van der Waals surface area contributed by atoms with E-state index < -0.39 is 0 Å². The minimum absolute atomic E-state index is 0.00859. The van der Waals surface area contributed by atoms with Crippen LogP contribution in [0.1, 0.15) is 12.8 Å². The van der Waals surface area contributed by atoms with Crippen molar-refractivity contribution in [1.82, 2.24) is 29.7 Å². The molecule has 1 saturated carbocycles. The van der Waals surface area contributed by atoms with E-state index in [1.165, 1.54) is 0 Å². The average molecular weight is 428 g/mol. The lowest BCUT2D eigenvalue weighted by Gasteiger charge is -2.41. The first kappa shape index (κ1) is 21.0. The van der Waals surface area contributed by atoms with Gasteiger partial charge in [0, 0.05) is 77.1 Å². The molecule has 0 atom stereocenters. The van der Waals surface area contributed by atoms with Crippen molar-refractivity contribution in [1.29, 1.82) is 0 Å². The predicted molar refractivity (Wildman–Crippen MR) is 115 cm³/mol. The standard InChI is InChI=1S/C20H28N8O3/c1-26(2)20(29)27(3)14-8-15(9-14)31-17-10-16(13-11-22-18(21)23-12-13)24-19(25-17)28-4-6-30-7-5-28/h10-12,14-15H,4-9H2,1-3H3,(H2,21,22,23)/t14-,15-. The molecule has 166 valence electrons. The third kappa shape index (κ3) is 4.76. The van der Waals surface area contributed by atoms with Gasteiger partial charge in [-0.1, -0.05) is 0 Å². The van der Waals surface area contributed by atoms with Gasteiger partial charge in [0.05, 0.1) is 18.9 Å². The van der Waals surface area contributed by atoms with Gasteiger partial charge in [0.15, 0.2) is 0 Å². The van der Waals surface area contributed by atoms with E-state index >= 15 is 0 Å². The van der Waals surface area contributed by atoms with E-state index in [2.05, 4.69) is 19.9 Å². The number of ether oxygens (including phenoxy) is 2. The fourth-order valence-corrected chi connectivity index (χ4v) is 3.59. The monoisotopic (exact) mass is 428 g/mol. The van der Waals surface area contributed by atoms with Crippen LogP contribution in [0.4, 0.5) is 16.7 Å². The molecular formula is C20H28N8O3. The van der Waals surface area contributed by atoms with Gasteiger partial charge in [-0.15, -0.1) is 0 Å². The fraction of sp³-hybridized carbons (Fsp3) is 0.550. The van der Waals surface area contributed by atoms with Crippen molar-refractivity contribution < 1.29 is 14.3 Å². The van der Waals surface area contributed by atoms with Crippen LogP contribution in [-0.2, 0) is 4.74 Å². The molecule has 1 aliphatic carbocycles. The summed E-state index contributed by atoms with van der Waals surface area (Å²) < 4.78 is 11.6. The topological polar surface area (TPSA) is 123 Å². The van der Waals surface area contributed by atoms with Gasteiger partial charge >= 0.3 is 6.03 Å². The van der Waals surface area contributed by atoms with Crippen molar-refractivity contribution in [2.24, 2.45) is 0 Å². The third-order valence-corrected chi connectivity index (χ3v) is 5.54.